The van der Waals surface area contributed by atoms with Crippen molar-refractivity contribution in [1.82, 2.24) is 10.6 Å². The van der Waals surface area contributed by atoms with E-state index in [0.29, 0.717) is 12.5 Å². The van der Waals surface area contributed by atoms with Crippen molar-refractivity contribution in [2.45, 2.75) is 32.3 Å². The molecular formula is C21H31N3O3S. The van der Waals surface area contributed by atoms with Crippen molar-refractivity contribution in [3.8, 4) is 11.5 Å². The molecule has 3 N–H and O–H groups in total. The largest absolute Gasteiger partial charge is 0.493 e. The van der Waals surface area contributed by atoms with Gasteiger partial charge < -0.3 is 25.2 Å². The van der Waals surface area contributed by atoms with E-state index in [-0.39, 0.29) is 0 Å². The van der Waals surface area contributed by atoms with E-state index in [1.165, 1.54) is 5.56 Å². The molecule has 154 valence electrons. The Kier molecular flexibility index (Phi) is 8.60. The third-order valence-electron chi connectivity index (χ3n) is 4.41. The molecule has 7 heteroatoms. The molecule has 0 aliphatic carbocycles. The first kappa shape index (κ1) is 22.0. The number of benzene rings is 1. The van der Waals surface area contributed by atoms with Gasteiger partial charge in [0.1, 0.15) is 5.60 Å². The molecule has 0 saturated carbocycles. The summed E-state index contributed by atoms with van der Waals surface area (Å²) in [7, 11) is 3.28. The lowest BCUT2D eigenvalue weighted by atomic mass is 10.00. The molecule has 1 aromatic heterocycles. The molecule has 0 bridgehead atoms. The first-order valence-corrected chi connectivity index (χ1v) is 10.4. The third kappa shape index (κ3) is 6.42. The van der Waals surface area contributed by atoms with Gasteiger partial charge in [-0.1, -0.05) is 6.07 Å². The topological polar surface area (TPSA) is 75.1 Å². The second-order valence-corrected chi connectivity index (χ2v) is 7.48. The molecule has 0 saturated heterocycles. The molecule has 0 aliphatic heterocycles. The Balaban J connectivity index is 1.86. The van der Waals surface area contributed by atoms with Gasteiger partial charge >= 0.3 is 0 Å². The Morgan fingerprint density at radius 2 is 1.96 bits per heavy atom. The predicted molar refractivity (Wildman–Crippen MR) is 116 cm³/mol. The number of aliphatic imine (C=N–C) groups is 1. The second kappa shape index (κ2) is 10.9. The van der Waals surface area contributed by atoms with Crippen LogP contribution in [-0.4, -0.2) is 44.9 Å². The van der Waals surface area contributed by atoms with E-state index >= 15 is 0 Å². The number of nitrogens with one attached hydrogen (secondary N) is 2. The van der Waals surface area contributed by atoms with Crippen molar-refractivity contribution in [1.29, 1.82) is 0 Å². The van der Waals surface area contributed by atoms with Crippen LogP contribution in [0.4, 0.5) is 0 Å². The van der Waals surface area contributed by atoms with Gasteiger partial charge in [-0.2, -0.15) is 11.3 Å². The molecule has 0 spiro atoms. The van der Waals surface area contributed by atoms with Gasteiger partial charge in [0.15, 0.2) is 17.5 Å². The number of methoxy groups -OCH3 is 2. The van der Waals surface area contributed by atoms with Crippen molar-refractivity contribution < 1.29 is 14.6 Å². The van der Waals surface area contributed by atoms with Crippen molar-refractivity contribution in [2.75, 3.05) is 33.9 Å². The highest BCUT2D eigenvalue weighted by atomic mass is 32.1. The molecule has 0 fully saturated rings. The van der Waals surface area contributed by atoms with E-state index < -0.39 is 5.60 Å². The molecular weight excluding hydrogens is 374 g/mol. The molecule has 2 aromatic rings. The van der Waals surface area contributed by atoms with Gasteiger partial charge in [-0.15, -0.1) is 0 Å². The van der Waals surface area contributed by atoms with E-state index in [1.54, 1.807) is 32.5 Å². The molecule has 0 amide bonds. The minimum Gasteiger partial charge on any atom is -0.493 e. The molecule has 1 heterocycles. The van der Waals surface area contributed by atoms with Crippen molar-refractivity contribution in [3.05, 3.63) is 46.2 Å². The van der Waals surface area contributed by atoms with Crippen molar-refractivity contribution in [3.63, 3.8) is 0 Å². The zero-order chi connectivity index (χ0) is 20.4. The second-order valence-electron chi connectivity index (χ2n) is 6.70. The van der Waals surface area contributed by atoms with Crippen LogP contribution in [0.1, 0.15) is 31.4 Å². The Labute approximate surface area is 171 Å². The number of thiophene rings is 1. The highest BCUT2D eigenvalue weighted by molar-refractivity contribution is 7.08. The summed E-state index contributed by atoms with van der Waals surface area (Å²) in [5, 5.41) is 21.1. The van der Waals surface area contributed by atoms with Crippen LogP contribution in [0.3, 0.4) is 0 Å². The average molecular weight is 406 g/mol. The smallest absolute Gasteiger partial charge is 0.191 e. The normalized spacial score (nSPS) is 13.7. The SMILES string of the molecule is CCNC(=NCC(C)(O)c1ccsc1)NCCCc1ccc(OC)c(OC)c1. The van der Waals surface area contributed by atoms with Gasteiger partial charge in [0, 0.05) is 13.1 Å². The number of aryl methyl sites for hydroxylation is 1. The van der Waals surface area contributed by atoms with Crippen LogP contribution in [0, 0.1) is 0 Å². The van der Waals surface area contributed by atoms with Crippen LogP contribution in [0.2, 0.25) is 0 Å². The highest BCUT2D eigenvalue weighted by Gasteiger charge is 2.23. The summed E-state index contributed by atoms with van der Waals surface area (Å²) < 4.78 is 10.6. The Morgan fingerprint density at radius 3 is 2.61 bits per heavy atom. The van der Waals surface area contributed by atoms with Crippen molar-refractivity contribution >= 4 is 17.3 Å². The van der Waals surface area contributed by atoms with Gasteiger partial charge in [-0.05, 0) is 66.8 Å². The molecule has 2 rings (SSSR count). The maximum absolute atomic E-state index is 10.6. The standard InChI is InChI=1S/C21H31N3O3S/c1-5-22-20(24-15-21(2,25)17-10-12-28-14-17)23-11-6-7-16-8-9-18(26-3)19(13-16)27-4/h8-10,12-14,25H,5-7,11,15H2,1-4H3,(H2,22,23,24). The number of nitrogens with zero attached hydrogens (tertiary/aromatic N) is 1. The monoisotopic (exact) mass is 405 g/mol. The van der Waals surface area contributed by atoms with Gasteiger partial charge in [0.2, 0.25) is 0 Å². The molecule has 1 aromatic carbocycles. The lowest BCUT2D eigenvalue weighted by Crippen LogP contribution is -2.39. The quantitative estimate of drug-likeness (QED) is 0.322. The molecule has 28 heavy (non-hydrogen) atoms. The maximum Gasteiger partial charge on any atom is 0.191 e. The van der Waals surface area contributed by atoms with Crippen LogP contribution in [0.25, 0.3) is 0 Å². The minimum atomic E-state index is -0.970. The summed E-state index contributed by atoms with van der Waals surface area (Å²) in [5.74, 6) is 2.20. The number of aliphatic hydroxyl groups is 1. The maximum atomic E-state index is 10.6. The van der Waals surface area contributed by atoms with Gasteiger partial charge in [-0.25, -0.2) is 4.99 Å². The van der Waals surface area contributed by atoms with Crippen LogP contribution in [0.15, 0.2) is 40.0 Å². The number of hydrogen-bond donors (Lipinski definition) is 3. The summed E-state index contributed by atoms with van der Waals surface area (Å²) in [5.41, 5.74) is 1.12. The molecule has 1 atom stereocenters. The summed E-state index contributed by atoms with van der Waals surface area (Å²) in [4.78, 5) is 4.55. The summed E-state index contributed by atoms with van der Waals surface area (Å²) in [6.07, 6.45) is 1.86. The Morgan fingerprint density at radius 1 is 1.18 bits per heavy atom. The van der Waals surface area contributed by atoms with Crippen LogP contribution >= 0.6 is 11.3 Å². The van der Waals surface area contributed by atoms with Crippen molar-refractivity contribution in [2.24, 2.45) is 4.99 Å². The average Bonchev–Trinajstić information content (AvgIpc) is 3.25. The fraction of sp³-hybridized carbons (Fsp3) is 0.476. The van der Waals surface area contributed by atoms with Gasteiger partial charge in [-0.3, -0.25) is 0 Å². The summed E-state index contributed by atoms with van der Waals surface area (Å²) in [6, 6.07) is 7.93. The van der Waals surface area contributed by atoms with Crippen LogP contribution in [0.5, 0.6) is 11.5 Å². The summed E-state index contributed by atoms with van der Waals surface area (Å²) >= 11 is 1.57. The first-order valence-electron chi connectivity index (χ1n) is 9.48. The number of hydrogen-bond acceptors (Lipinski definition) is 5. The summed E-state index contributed by atoms with van der Waals surface area (Å²) in [6.45, 7) is 5.66. The highest BCUT2D eigenvalue weighted by Crippen LogP contribution is 2.28. The molecule has 0 radical (unpaired) electrons. The fourth-order valence-corrected chi connectivity index (χ4v) is 3.56. The van der Waals surface area contributed by atoms with E-state index in [0.717, 1.165) is 43.0 Å². The molecule has 1 unspecified atom stereocenters. The van der Waals surface area contributed by atoms with Gasteiger partial charge in [0.05, 0.1) is 20.8 Å². The minimum absolute atomic E-state index is 0.300. The third-order valence-corrected chi connectivity index (χ3v) is 5.10. The Hall–Kier alpha value is -2.25. The van der Waals surface area contributed by atoms with E-state index in [2.05, 4.69) is 21.7 Å². The number of ether oxygens (including phenoxy) is 2. The molecule has 0 aliphatic rings. The number of rotatable bonds is 10. The lowest BCUT2D eigenvalue weighted by molar-refractivity contribution is 0.0677. The Bertz CT molecular complexity index is 745. The van der Waals surface area contributed by atoms with E-state index in [9.17, 15) is 5.11 Å². The van der Waals surface area contributed by atoms with Crippen LogP contribution < -0.4 is 20.1 Å². The zero-order valence-corrected chi connectivity index (χ0v) is 17.9. The van der Waals surface area contributed by atoms with Gasteiger partial charge in [0.25, 0.3) is 0 Å². The number of guanidine groups is 1. The lowest BCUT2D eigenvalue weighted by Gasteiger charge is -2.21. The zero-order valence-electron chi connectivity index (χ0n) is 17.1. The fourth-order valence-electron chi connectivity index (χ4n) is 2.77. The molecule has 6 nitrogen and oxygen atoms in total. The first-order chi connectivity index (χ1) is 13.5. The van der Waals surface area contributed by atoms with Crippen LogP contribution in [-0.2, 0) is 12.0 Å². The predicted octanol–water partition coefficient (Wildman–Crippen LogP) is 3.16. The van der Waals surface area contributed by atoms with E-state index in [1.807, 2.05) is 35.9 Å². The van der Waals surface area contributed by atoms with E-state index in [4.69, 9.17) is 9.47 Å².